The predicted molar refractivity (Wildman–Crippen MR) is 54.4 cm³/mol. The second kappa shape index (κ2) is 5.42. The number of nitrogens with one attached hydrogen (secondary N) is 1. The van der Waals surface area contributed by atoms with Gasteiger partial charge in [-0.05, 0) is 18.6 Å². The Bertz CT molecular complexity index is 226. The van der Waals surface area contributed by atoms with Gasteiger partial charge in [0.25, 0.3) is 0 Å². The summed E-state index contributed by atoms with van der Waals surface area (Å²) in [5.74, 6) is 0. The highest BCUT2D eigenvalue weighted by Gasteiger charge is 1.83. The van der Waals surface area contributed by atoms with Crippen molar-refractivity contribution in [3.05, 3.63) is 42.5 Å². The molecule has 0 heterocycles. The van der Waals surface area contributed by atoms with Crippen LogP contribution in [0.2, 0.25) is 0 Å². The van der Waals surface area contributed by atoms with Crippen LogP contribution in [0.4, 0.5) is 5.69 Å². The lowest BCUT2D eigenvalue weighted by Gasteiger charge is -2.00. The van der Waals surface area contributed by atoms with E-state index in [2.05, 4.69) is 36.5 Å². The van der Waals surface area contributed by atoms with E-state index in [1.807, 2.05) is 18.2 Å². The minimum atomic E-state index is 0.915. The van der Waals surface area contributed by atoms with Crippen molar-refractivity contribution in [2.45, 2.75) is 13.3 Å². The monoisotopic (exact) mass is 161 g/mol. The summed E-state index contributed by atoms with van der Waals surface area (Å²) in [4.78, 5) is 0. The Morgan fingerprint density at radius 1 is 1.17 bits per heavy atom. The van der Waals surface area contributed by atoms with Gasteiger partial charge in [0.1, 0.15) is 0 Å². The summed E-state index contributed by atoms with van der Waals surface area (Å²) in [5.41, 5.74) is 1.18. The number of allylic oxidation sites excluding steroid dienone is 1. The van der Waals surface area contributed by atoms with Crippen molar-refractivity contribution in [2.24, 2.45) is 0 Å². The Kier molecular flexibility index (Phi) is 4.00. The van der Waals surface area contributed by atoms with Crippen molar-refractivity contribution in [3.8, 4) is 0 Å². The summed E-state index contributed by atoms with van der Waals surface area (Å²) < 4.78 is 0. The van der Waals surface area contributed by atoms with Gasteiger partial charge in [0.05, 0.1) is 0 Å². The van der Waals surface area contributed by atoms with Gasteiger partial charge in [-0.25, -0.2) is 0 Å². The van der Waals surface area contributed by atoms with Crippen LogP contribution in [-0.2, 0) is 0 Å². The molecule has 0 radical (unpaired) electrons. The zero-order valence-corrected chi connectivity index (χ0v) is 7.46. The normalized spacial score (nSPS) is 10.4. The van der Waals surface area contributed by atoms with E-state index in [0.29, 0.717) is 0 Å². The molecular weight excluding hydrogens is 146 g/mol. The fourth-order valence-corrected chi connectivity index (χ4v) is 0.983. The van der Waals surface area contributed by atoms with Crippen LogP contribution in [0.5, 0.6) is 0 Å². The van der Waals surface area contributed by atoms with Crippen LogP contribution in [0.25, 0.3) is 0 Å². The van der Waals surface area contributed by atoms with E-state index in [0.717, 1.165) is 13.0 Å². The zero-order valence-electron chi connectivity index (χ0n) is 7.46. The summed E-state index contributed by atoms with van der Waals surface area (Å²) in [7, 11) is 0. The average molecular weight is 161 g/mol. The Balaban J connectivity index is 2.29. The van der Waals surface area contributed by atoms with Gasteiger partial charge in [-0.15, -0.1) is 0 Å². The molecule has 1 rings (SSSR count). The maximum atomic E-state index is 3.29. The van der Waals surface area contributed by atoms with Crippen molar-refractivity contribution in [1.82, 2.24) is 0 Å². The molecule has 1 N–H and O–H groups in total. The molecule has 0 aliphatic carbocycles. The number of para-hydroxylation sites is 1. The molecule has 64 valence electrons. The van der Waals surface area contributed by atoms with E-state index in [-0.39, 0.29) is 0 Å². The van der Waals surface area contributed by atoms with Gasteiger partial charge in [0.15, 0.2) is 0 Å². The molecule has 0 saturated carbocycles. The molecule has 0 aromatic heterocycles. The molecule has 1 aromatic carbocycles. The van der Waals surface area contributed by atoms with Gasteiger partial charge in [-0.2, -0.15) is 0 Å². The van der Waals surface area contributed by atoms with Crippen LogP contribution >= 0.6 is 0 Å². The number of benzene rings is 1. The molecule has 12 heavy (non-hydrogen) atoms. The molecule has 0 saturated heterocycles. The quantitative estimate of drug-likeness (QED) is 0.669. The molecule has 0 atom stereocenters. The summed E-state index contributed by atoms with van der Waals surface area (Å²) >= 11 is 0. The van der Waals surface area contributed by atoms with E-state index in [4.69, 9.17) is 0 Å². The van der Waals surface area contributed by atoms with E-state index < -0.39 is 0 Å². The first kappa shape index (κ1) is 8.85. The first-order valence-electron chi connectivity index (χ1n) is 4.37. The standard InChI is InChI=1S/C11H15N/c1-2-3-7-10-12-11-8-5-4-6-9-11/h3-9,12H,2,10H2,1H3/b7-3+. The first-order valence-corrected chi connectivity index (χ1v) is 4.37. The van der Waals surface area contributed by atoms with Gasteiger partial charge in [-0.3, -0.25) is 0 Å². The molecular formula is C11H15N. The zero-order chi connectivity index (χ0) is 8.65. The average Bonchev–Trinajstić information content (AvgIpc) is 2.14. The summed E-state index contributed by atoms with van der Waals surface area (Å²) in [5, 5.41) is 3.29. The van der Waals surface area contributed by atoms with E-state index in [1.165, 1.54) is 5.69 Å². The molecule has 1 aromatic rings. The summed E-state index contributed by atoms with van der Waals surface area (Å²) in [6.07, 6.45) is 5.42. The molecule has 0 aliphatic rings. The minimum Gasteiger partial charge on any atom is -0.382 e. The molecule has 1 heteroatoms. The predicted octanol–water partition coefficient (Wildman–Crippen LogP) is 3.06. The van der Waals surface area contributed by atoms with Crippen LogP contribution in [0.1, 0.15) is 13.3 Å². The third-order valence-electron chi connectivity index (χ3n) is 1.60. The number of hydrogen-bond donors (Lipinski definition) is 1. The smallest absolute Gasteiger partial charge is 0.0342 e. The third kappa shape index (κ3) is 3.24. The fourth-order valence-electron chi connectivity index (χ4n) is 0.983. The third-order valence-corrected chi connectivity index (χ3v) is 1.60. The minimum absolute atomic E-state index is 0.915. The Morgan fingerprint density at radius 2 is 1.92 bits per heavy atom. The summed E-state index contributed by atoms with van der Waals surface area (Å²) in [6, 6.07) is 10.2. The molecule has 0 amide bonds. The molecule has 1 nitrogen and oxygen atoms in total. The largest absolute Gasteiger partial charge is 0.382 e. The van der Waals surface area contributed by atoms with E-state index >= 15 is 0 Å². The Morgan fingerprint density at radius 3 is 2.58 bits per heavy atom. The molecule has 0 bridgehead atoms. The van der Waals surface area contributed by atoms with Crippen LogP contribution in [-0.4, -0.2) is 6.54 Å². The van der Waals surface area contributed by atoms with Crippen LogP contribution in [0, 0.1) is 0 Å². The van der Waals surface area contributed by atoms with Crippen molar-refractivity contribution >= 4 is 5.69 Å². The topological polar surface area (TPSA) is 12.0 Å². The van der Waals surface area contributed by atoms with Crippen LogP contribution in [0.3, 0.4) is 0 Å². The second-order valence-electron chi connectivity index (χ2n) is 2.63. The fraction of sp³-hybridized carbons (Fsp3) is 0.273. The lowest BCUT2D eigenvalue weighted by molar-refractivity contribution is 1.20. The van der Waals surface area contributed by atoms with Crippen molar-refractivity contribution < 1.29 is 0 Å². The Hall–Kier alpha value is -1.24. The van der Waals surface area contributed by atoms with E-state index in [9.17, 15) is 0 Å². The molecule has 0 unspecified atom stereocenters. The van der Waals surface area contributed by atoms with Crippen molar-refractivity contribution in [2.75, 3.05) is 11.9 Å². The van der Waals surface area contributed by atoms with Gasteiger partial charge in [0, 0.05) is 12.2 Å². The molecule has 0 fully saturated rings. The van der Waals surface area contributed by atoms with E-state index in [1.54, 1.807) is 0 Å². The SMILES string of the molecule is CC/C=C/CNc1ccccc1. The number of rotatable bonds is 4. The Labute approximate surface area is 74.1 Å². The van der Waals surface area contributed by atoms with Crippen LogP contribution in [0.15, 0.2) is 42.5 Å². The lowest BCUT2D eigenvalue weighted by atomic mass is 10.3. The number of anilines is 1. The maximum absolute atomic E-state index is 3.29. The number of hydrogen-bond acceptors (Lipinski definition) is 1. The highest BCUT2D eigenvalue weighted by molar-refractivity contribution is 5.42. The maximum Gasteiger partial charge on any atom is 0.0342 e. The first-order chi connectivity index (χ1) is 5.93. The molecule has 0 aliphatic heterocycles. The summed E-state index contributed by atoms with van der Waals surface area (Å²) in [6.45, 7) is 3.05. The molecule has 0 spiro atoms. The highest BCUT2D eigenvalue weighted by atomic mass is 14.8. The second-order valence-corrected chi connectivity index (χ2v) is 2.63. The van der Waals surface area contributed by atoms with Crippen molar-refractivity contribution in [3.63, 3.8) is 0 Å². The van der Waals surface area contributed by atoms with Gasteiger partial charge >= 0.3 is 0 Å². The van der Waals surface area contributed by atoms with Crippen molar-refractivity contribution in [1.29, 1.82) is 0 Å². The highest BCUT2D eigenvalue weighted by Crippen LogP contribution is 2.03. The van der Waals surface area contributed by atoms with Crippen LogP contribution < -0.4 is 5.32 Å². The van der Waals surface area contributed by atoms with Gasteiger partial charge in [0.2, 0.25) is 0 Å². The van der Waals surface area contributed by atoms with Gasteiger partial charge < -0.3 is 5.32 Å². The van der Waals surface area contributed by atoms with Gasteiger partial charge in [-0.1, -0.05) is 37.3 Å². The lowest BCUT2D eigenvalue weighted by Crippen LogP contribution is -1.96.